The normalized spacial score (nSPS) is 20.5. The number of dihydropyridines is 1. The highest BCUT2D eigenvalue weighted by Gasteiger charge is 2.43. The van der Waals surface area contributed by atoms with Crippen molar-refractivity contribution in [2.45, 2.75) is 65.7 Å². The van der Waals surface area contributed by atoms with Crippen LogP contribution in [-0.2, 0) is 15.0 Å². The zero-order valence-electron chi connectivity index (χ0n) is 20.1. The van der Waals surface area contributed by atoms with Gasteiger partial charge in [0.2, 0.25) is 0 Å². The van der Waals surface area contributed by atoms with Gasteiger partial charge in [-0.25, -0.2) is 4.39 Å². The van der Waals surface area contributed by atoms with E-state index in [-0.39, 0.29) is 28.3 Å². The molecule has 0 bridgehead atoms. The average Bonchev–Trinajstić information content (AvgIpc) is 3.18. The molecule has 1 aliphatic heterocycles. The molecule has 2 aliphatic rings. The molecule has 2 aromatic rings. The third-order valence-electron chi connectivity index (χ3n) is 6.24. The molecule has 174 valence electrons. The standard InChI is InChI=1S/C27H31FN2O2S/c1-15-22(25(32)30-17-9-7-16(28)8-10-17)24(20-11-12-21(33-20)26(2,3)4)23-18(29-15)13-27(5,6)14-19(23)31/h7-12,24,29H,13-14H2,1-6H3,(H,30,32). The summed E-state index contributed by atoms with van der Waals surface area (Å²) in [5.74, 6) is -0.985. The minimum absolute atomic E-state index is 0.0269. The number of carbonyl (C=O) groups excluding carboxylic acids is 2. The Kier molecular flexibility index (Phi) is 5.85. The van der Waals surface area contributed by atoms with Crippen LogP contribution in [0.3, 0.4) is 0 Å². The summed E-state index contributed by atoms with van der Waals surface area (Å²) in [5, 5.41) is 6.29. The van der Waals surface area contributed by atoms with Crippen LogP contribution in [0, 0.1) is 11.2 Å². The summed E-state index contributed by atoms with van der Waals surface area (Å²) in [6, 6.07) is 9.86. The number of nitrogens with one attached hydrogen (secondary N) is 2. The van der Waals surface area contributed by atoms with Gasteiger partial charge in [0.15, 0.2) is 5.78 Å². The Labute approximate surface area is 199 Å². The molecule has 1 atom stereocenters. The number of anilines is 1. The highest BCUT2D eigenvalue weighted by molar-refractivity contribution is 7.12. The number of amides is 1. The number of carbonyl (C=O) groups is 2. The van der Waals surface area contributed by atoms with E-state index in [1.54, 1.807) is 11.3 Å². The molecular formula is C27H31FN2O2S. The zero-order chi connectivity index (χ0) is 24.1. The minimum Gasteiger partial charge on any atom is -0.362 e. The smallest absolute Gasteiger partial charge is 0.254 e. The molecule has 1 unspecified atom stereocenters. The van der Waals surface area contributed by atoms with Crippen LogP contribution in [0.2, 0.25) is 0 Å². The molecule has 0 saturated carbocycles. The van der Waals surface area contributed by atoms with Gasteiger partial charge in [-0.15, -0.1) is 11.3 Å². The Hall–Kier alpha value is -2.73. The predicted octanol–water partition coefficient (Wildman–Crippen LogP) is 6.43. The highest BCUT2D eigenvalue weighted by Crippen LogP contribution is 2.48. The van der Waals surface area contributed by atoms with Crippen LogP contribution in [-0.4, -0.2) is 11.7 Å². The maximum absolute atomic E-state index is 13.5. The molecule has 6 heteroatoms. The second kappa shape index (κ2) is 8.24. The van der Waals surface area contributed by atoms with Crippen molar-refractivity contribution in [1.82, 2.24) is 5.32 Å². The van der Waals surface area contributed by atoms with Crippen LogP contribution >= 0.6 is 11.3 Å². The van der Waals surface area contributed by atoms with Crippen molar-refractivity contribution in [2.75, 3.05) is 5.32 Å². The van der Waals surface area contributed by atoms with Crippen molar-refractivity contribution in [1.29, 1.82) is 0 Å². The quantitative estimate of drug-likeness (QED) is 0.548. The summed E-state index contributed by atoms with van der Waals surface area (Å²) in [6.07, 6.45) is 1.21. The first-order valence-electron chi connectivity index (χ1n) is 11.3. The van der Waals surface area contributed by atoms with Crippen molar-refractivity contribution in [3.05, 3.63) is 74.5 Å². The summed E-state index contributed by atoms with van der Waals surface area (Å²) in [6.45, 7) is 12.6. The molecule has 2 heterocycles. The van der Waals surface area contributed by atoms with Crippen LogP contribution in [0.5, 0.6) is 0 Å². The molecule has 1 amide bonds. The first kappa shape index (κ1) is 23.4. The molecule has 0 fully saturated rings. The van der Waals surface area contributed by atoms with Gasteiger partial charge in [-0.2, -0.15) is 0 Å². The van der Waals surface area contributed by atoms with Gasteiger partial charge in [0.25, 0.3) is 5.91 Å². The summed E-state index contributed by atoms with van der Waals surface area (Å²) in [4.78, 5) is 29.1. The van der Waals surface area contributed by atoms with Crippen molar-refractivity contribution >= 4 is 28.7 Å². The highest BCUT2D eigenvalue weighted by atomic mass is 32.1. The molecule has 0 spiro atoms. The number of thiophene rings is 1. The first-order valence-corrected chi connectivity index (χ1v) is 12.1. The third-order valence-corrected chi connectivity index (χ3v) is 7.81. The molecule has 4 nitrogen and oxygen atoms in total. The molecular weight excluding hydrogens is 435 g/mol. The maximum Gasteiger partial charge on any atom is 0.254 e. The lowest BCUT2D eigenvalue weighted by Gasteiger charge is -2.39. The Balaban J connectivity index is 1.80. The van der Waals surface area contributed by atoms with E-state index < -0.39 is 5.92 Å². The number of Topliss-reactive ketones (excluding diaryl/α,β-unsaturated/α-hetero) is 1. The zero-order valence-corrected chi connectivity index (χ0v) is 20.9. The van der Waals surface area contributed by atoms with Crippen molar-refractivity contribution < 1.29 is 14.0 Å². The fourth-order valence-corrected chi connectivity index (χ4v) is 5.85. The predicted molar refractivity (Wildman–Crippen MR) is 132 cm³/mol. The van der Waals surface area contributed by atoms with Crippen LogP contribution < -0.4 is 10.6 Å². The number of rotatable bonds is 3. The number of ketones is 1. The van der Waals surface area contributed by atoms with Crippen LogP contribution in [0.25, 0.3) is 0 Å². The van der Waals surface area contributed by atoms with E-state index in [0.717, 1.165) is 22.7 Å². The molecule has 4 rings (SSSR count). The fraction of sp³-hybridized carbons (Fsp3) is 0.407. The van der Waals surface area contributed by atoms with E-state index in [4.69, 9.17) is 0 Å². The van der Waals surface area contributed by atoms with Gasteiger partial charge >= 0.3 is 0 Å². The first-order chi connectivity index (χ1) is 15.4. The number of halogens is 1. The third kappa shape index (κ3) is 4.67. The topological polar surface area (TPSA) is 58.2 Å². The van der Waals surface area contributed by atoms with Crippen LogP contribution in [0.15, 0.2) is 58.9 Å². The fourth-order valence-electron chi connectivity index (χ4n) is 4.66. The van der Waals surface area contributed by atoms with E-state index in [1.807, 2.05) is 6.92 Å². The molecule has 2 N–H and O–H groups in total. The Morgan fingerprint density at radius 2 is 1.79 bits per heavy atom. The summed E-state index contributed by atoms with van der Waals surface area (Å²) in [7, 11) is 0. The van der Waals surface area contributed by atoms with Gasteiger partial charge in [0.1, 0.15) is 5.82 Å². The van der Waals surface area contributed by atoms with Gasteiger partial charge in [0.05, 0.1) is 5.92 Å². The molecule has 33 heavy (non-hydrogen) atoms. The van der Waals surface area contributed by atoms with E-state index in [9.17, 15) is 14.0 Å². The maximum atomic E-state index is 13.5. The molecule has 0 radical (unpaired) electrons. The van der Waals surface area contributed by atoms with Gasteiger partial charge in [0, 0.05) is 44.4 Å². The summed E-state index contributed by atoms with van der Waals surface area (Å²) >= 11 is 1.66. The number of benzene rings is 1. The van der Waals surface area contributed by atoms with Gasteiger partial charge in [-0.3, -0.25) is 9.59 Å². The molecule has 1 aromatic heterocycles. The monoisotopic (exact) mass is 466 g/mol. The Morgan fingerprint density at radius 3 is 2.39 bits per heavy atom. The minimum atomic E-state index is -0.425. The van der Waals surface area contributed by atoms with E-state index in [2.05, 4.69) is 57.4 Å². The number of hydrogen-bond acceptors (Lipinski definition) is 4. The molecule has 1 aliphatic carbocycles. The number of allylic oxidation sites excluding steroid dienone is 3. The van der Waals surface area contributed by atoms with Crippen molar-refractivity contribution in [3.8, 4) is 0 Å². The molecule has 1 aromatic carbocycles. The lowest BCUT2D eigenvalue weighted by molar-refractivity contribution is -0.118. The van der Waals surface area contributed by atoms with E-state index in [1.165, 1.54) is 29.1 Å². The Bertz CT molecular complexity index is 1180. The lowest BCUT2D eigenvalue weighted by Crippen LogP contribution is -2.39. The van der Waals surface area contributed by atoms with E-state index >= 15 is 0 Å². The second-order valence-corrected chi connectivity index (χ2v) is 12.0. The molecule has 0 saturated heterocycles. The van der Waals surface area contributed by atoms with E-state index in [0.29, 0.717) is 23.3 Å². The average molecular weight is 467 g/mol. The summed E-state index contributed by atoms with van der Waals surface area (Å²) in [5.41, 5.74) is 3.25. The van der Waals surface area contributed by atoms with Gasteiger partial charge < -0.3 is 10.6 Å². The lowest BCUT2D eigenvalue weighted by atomic mass is 9.69. The van der Waals surface area contributed by atoms with Crippen LogP contribution in [0.4, 0.5) is 10.1 Å². The number of hydrogen-bond donors (Lipinski definition) is 2. The summed E-state index contributed by atoms with van der Waals surface area (Å²) < 4.78 is 13.3. The SMILES string of the molecule is CC1=C(C(=O)Nc2ccc(F)cc2)C(c2ccc(C(C)(C)C)s2)C2=C(CC(C)(C)CC2=O)N1. The van der Waals surface area contributed by atoms with Crippen LogP contribution in [0.1, 0.15) is 70.1 Å². The van der Waals surface area contributed by atoms with Crippen molar-refractivity contribution in [2.24, 2.45) is 5.41 Å². The van der Waals surface area contributed by atoms with Crippen molar-refractivity contribution in [3.63, 3.8) is 0 Å². The van der Waals surface area contributed by atoms with Gasteiger partial charge in [-0.1, -0.05) is 34.6 Å². The van der Waals surface area contributed by atoms with Gasteiger partial charge in [-0.05, 0) is 60.6 Å². The Morgan fingerprint density at radius 1 is 1.12 bits per heavy atom. The second-order valence-electron chi connectivity index (χ2n) is 10.8. The largest absolute Gasteiger partial charge is 0.362 e.